The molecule has 12 nitrogen and oxygen atoms in total. The Hall–Kier alpha value is -5.26. The van der Waals surface area contributed by atoms with Crippen molar-refractivity contribution in [3.05, 3.63) is 84.2 Å². The van der Waals surface area contributed by atoms with Crippen LogP contribution in [-0.4, -0.2) is 95.5 Å². The van der Waals surface area contributed by atoms with E-state index in [1.165, 1.54) is 12.0 Å². The number of benzene rings is 2. The van der Waals surface area contributed by atoms with Crippen LogP contribution in [0.15, 0.2) is 73.1 Å². The smallest absolute Gasteiger partial charge is 0.323 e. The summed E-state index contributed by atoms with van der Waals surface area (Å²) >= 11 is 0. The van der Waals surface area contributed by atoms with Crippen molar-refractivity contribution in [3.63, 3.8) is 0 Å². The Labute approximate surface area is 248 Å². The highest BCUT2D eigenvalue weighted by Gasteiger charge is 2.41. The number of aromatic nitrogens is 1. The third-order valence-corrected chi connectivity index (χ3v) is 7.14. The van der Waals surface area contributed by atoms with Crippen LogP contribution in [0.5, 0.6) is 5.75 Å². The van der Waals surface area contributed by atoms with E-state index in [0.29, 0.717) is 16.9 Å². The second-order valence-electron chi connectivity index (χ2n) is 9.87. The lowest BCUT2D eigenvalue weighted by Crippen LogP contribution is -2.63. The SMILES string of the molecule is COC(=O)CC1C(=O)N(CC(=O)O)CCN1C(=O)C(Cc1ccc(OC)cc1)NC(=O)c1ccc(-c2ccncc2)cc1. The molecule has 2 N–H and O–H groups in total. The number of nitrogens with zero attached hydrogens (tertiary/aromatic N) is 3. The minimum Gasteiger partial charge on any atom is -0.497 e. The molecule has 2 heterocycles. The summed E-state index contributed by atoms with van der Waals surface area (Å²) in [5, 5.41) is 12.0. The van der Waals surface area contributed by atoms with Gasteiger partial charge in [0.2, 0.25) is 11.8 Å². The third kappa shape index (κ3) is 7.73. The summed E-state index contributed by atoms with van der Waals surface area (Å²) < 4.78 is 9.95. The van der Waals surface area contributed by atoms with Crippen molar-refractivity contribution in [2.45, 2.75) is 24.9 Å². The van der Waals surface area contributed by atoms with Crippen LogP contribution >= 0.6 is 0 Å². The van der Waals surface area contributed by atoms with Gasteiger partial charge in [0.05, 0.1) is 20.6 Å². The number of methoxy groups -OCH3 is 2. The van der Waals surface area contributed by atoms with Gasteiger partial charge in [-0.15, -0.1) is 0 Å². The minimum absolute atomic E-state index is 0.0326. The fraction of sp³-hybridized carbons (Fsp3) is 0.290. The van der Waals surface area contributed by atoms with Gasteiger partial charge in [0, 0.05) is 37.5 Å². The number of nitrogens with one attached hydrogen (secondary N) is 1. The average molecular weight is 589 g/mol. The molecular weight excluding hydrogens is 556 g/mol. The average Bonchev–Trinajstić information content (AvgIpc) is 3.03. The Morgan fingerprint density at radius 1 is 0.953 bits per heavy atom. The van der Waals surface area contributed by atoms with Gasteiger partial charge in [0.25, 0.3) is 5.91 Å². The molecule has 0 spiro atoms. The van der Waals surface area contributed by atoms with Gasteiger partial charge in [0.15, 0.2) is 0 Å². The van der Waals surface area contributed by atoms with Crippen molar-refractivity contribution in [2.75, 3.05) is 33.9 Å². The molecular formula is C31H32N4O8. The van der Waals surface area contributed by atoms with E-state index in [9.17, 15) is 29.1 Å². The van der Waals surface area contributed by atoms with E-state index in [2.05, 4.69) is 10.3 Å². The second-order valence-corrected chi connectivity index (χ2v) is 9.87. The van der Waals surface area contributed by atoms with Gasteiger partial charge < -0.3 is 29.7 Å². The van der Waals surface area contributed by atoms with Gasteiger partial charge in [0.1, 0.15) is 24.4 Å². The van der Waals surface area contributed by atoms with E-state index in [4.69, 9.17) is 9.47 Å². The van der Waals surface area contributed by atoms with Crippen molar-refractivity contribution in [1.29, 1.82) is 0 Å². The lowest BCUT2D eigenvalue weighted by molar-refractivity contribution is -0.159. The quantitative estimate of drug-likeness (QED) is 0.319. The molecule has 3 amide bonds. The summed E-state index contributed by atoms with van der Waals surface area (Å²) in [6.45, 7) is -0.649. The largest absolute Gasteiger partial charge is 0.497 e. The highest BCUT2D eigenvalue weighted by molar-refractivity contribution is 5.99. The summed E-state index contributed by atoms with van der Waals surface area (Å²) in [7, 11) is 2.69. The maximum absolute atomic E-state index is 14.0. The number of hydrogen-bond donors (Lipinski definition) is 2. The van der Waals surface area contributed by atoms with E-state index in [0.717, 1.165) is 23.1 Å². The molecule has 0 saturated carbocycles. The molecule has 224 valence electrons. The number of carboxylic acid groups (broad SMARTS) is 1. The minimum atomic E-state index is -1.29. The fourth-order valence-electron chi connectivity index (χ4n) is 4.86. The fourth-order valence-corrected chi connectivity index (χ4v) is 4.86. The molecule has 43 heavy (non-hydrogen) atoms. The van der Waals surface area contributed by atoms with E-state index in [-0.39, 0.29) is 19.5 Å². The number of carbonyl (C=O) groups is 5. The van der Waals surface area contributed by atoms with Crippen molar-refractivity contribution in [3.8, 4) is 16.9 Å². The van der Waals surface area contributed by atoms with Crippen LogP contribution in [0.3, 0.4) is 0 Å². The summed E-state index contributed by atoms with van der Waals surface area (Å²) in [4.78, 5) is 70.5. The van der Waals surface area contributed by atoms with Crippen molar-refractivity contribution >= 4 is 29.7 Å². The van der Waals surface area contributed by atoms with Crippen LogP contribution in [0, 0.1) is 0 Å². The van der Waals surface area contributed by atoms with Gasteiger partial charge in [-0.3, -0.25) is 29.0 Å². The lowest BCUT2D eigenvalue weighted by atomic mass is 10.00. The van der Waals surface area contributed by atoms with Crippen LogP contribution < -0.4 is 10.1 Å². The number of carboxylic acids is 1. The van der Waals surface area contributed by atoms with Gasteiger partial charge in [-0.2, -0.15) is 0 Å². The Balaban J connectivity index is 1.60. The number of ether oxygens (including phenoxy) is 2. The monoisotopic (exact) mass is 588 g/mol. The van der Waals surface area contributed by atoms with Crippen LogP contribution in [0.4, 0.5) is 0 Å². The first-order chi connectivity index (χ1) is 20.7. The topological polar surface area (TPSA) is 155 Å². The van der Waals surface area contributed by atoms with Crippen molar-refractivity contribution in [1.82, 2.24) is 20.1 Å². The Morgan fingerprint density at radius 3 is 2.21 bits per heavy atom. The van der Waals surface area contributed by atoms with Crippen LogP contribution in [-0.2, 0) is 30.3 Å². The van der Waals surface area contributed by atoms with E-state index in [1.54, 1.807) is 60.9 Å². The van der Waals surface area contributed by atoms with Crippen LogP contribution in [0.25, 0.3) is 11.1 Å². The van der Waals surface area contributed by atoms with Gasteiger partial charge in [-0.05, 0) is 53.1 Å². The first-order valence-corrected chi connectivity index (χ1v) is 13.5. The Kier molecular flexibility index (Phi) is 10.0. The van der Waals surface area contributed by atoms with Crippen molar-refractivity contribution in [2.24, 2.45) is 0 Å². The maximum Gasteiger partial charge on any atom is 0.323 e. The van der Waals surface area contributed by atoms with Gasteiger partial charge >= 0.3 is 11.9 Å². The van der Waals surface area contributed by atoms with E-state index < -0.39 is 54.7 Å². The number of amides is 3. The first-order valence-electron chi connectivity index (χ1n) is 13.5. The van der Waals surface area contributed by atoms with E-state index >= 15 is 0 Å². The van der Waals surface area contributed by atoms with Crippen LogP contribution in [0.2, 0.25) is 0 Å². The number of pyridine rings is 1. The van der Waals surface area contributed by atoms with Crippen molar-refractivity contribution < 1.29 is 38.6 Å². The predicted octanol–water partition coefficient (Wildman–Crippen LogP) is 1.79. The standard InChI is InChI=1S/C31H32N4O8/c1-42-24-9-3-20(4-10-24)17-25(33-29(39)23-7-5-21(6-8-23)22-11-13-32-14-12-22)30(40)35-16-15-34(19-27(36)37)31(41)26(35)18-28(38)43-2/h3-14,25-26H,15-19H2,1-2H3,(H,33,39)(H,36,37). The van der Waals surface area contributed by atoms with Gasteiger partial charge in [-0.1, -0.05) is 24.3 Å². The molecule has 1 fully saturated rings. The zero-order valence-electron chi connectivity index (χ0n) is 23.8. The van der Waals surface area contributed by atoms with Crippen LogP contribution in [0.1, 0.15) is 22.3 Å². The molecule has 1 aliphatic heterocycles. The molecule has 2 unspecified atom stereocenters. The molecule has 4 rings (SSSR count). The molecule has 0 radical (unpaired) electrons. The number of aliphatic carboxylic acids is 1. The highest BCUT2D eigenvalue weighted by Crippen LogP contribution is 2.21. The molecule has 0 aliphatic carbocycles. The normalized spacial score (nSPS) is 15.4. The van der Waals surface area contributed by atoms with E-state index in [1.807, 2.05) is 12.1 Å². The molecule has 1 aromatic heterocycles. The molecule has 2 aromatic carbocycles. The molecule has 0 bridgehead atoms. The highest BCUT2D eigenvalue weighted by atomic mass is 16.5. The van der Waals surface area contributed by atoms with Gasteiger partial charge in [-0.25, -0.2) is 0 Å². The number of hydrogen-bond acceptors (Lipinski definition) is 8. The summed E-state index contributed by atoms with van der Waals surface area (Å²) in [6, 6.07) is 15.1. The summed E-state index contributed by atoms with van der Waals surface area (Å²) in [5.41, 5.74) is 2.85. The number of esters is 1. The molecule has 1 aliphatic rings. The Morgan fingerprint density at radius 2 is 1.60 bits per heavy atom. The lowest BCUT2D eigenvalue weighted by Gasteiger charge is -2.41. The number of rotatable bonds is 11. The first kappa shape index (κ1) is 30.7. The molecule has 1 saturated heterocycles. The zero-order valence-corrected chi connectivity index (χ0v) is 23.8. The third-order valence-electron chi connectivity index (χ3n) is 7.14. The number of piperazine rings is 1. The maximum atomic E-state index is 14.0. The molecule has 2 atom stereocenters. The number of carbonyl (C=O) groups excluding carboxylic acids is 4. The molecule has 12 heteroatoms. The predicted molar refractivity (Wildman–Crippen MR) is 154 cm³/mol. The Bertz CT molecular complexity index is 1460. The molecule has 3 aromatic rings. The zero-order chi connectivity index (χ0) is 30.9. The second kappa shape index (κ2) is 14.1. The summed E-state index contributed by atoms with van der Waals surface area (Å²) in [6.07, 6.45) is 2.96. The summed E-state index contributed by atoms with van der Waals surface area (Å²) in [5.74, 6) is -3.12.